The number of ketones is 1. The van der Waals surface area contributed by atoms with E-state index in [4.69, 9.17) is 15.2 Å². The molecule has 9 heteroatoms. The van der Waals surface area contributed by atoms with Crippen molar-refractivity contribution in [2.75, 3.05) is 19.1 Å². The number of nitrogens with zero attached hydrogens (tertiary/aromatic N) is 2. The van der Waals surface area contributed by atoms with E-state index in [1.54, 1.807) is 30.3 Å². The molecule has 1 unspecified atom stereocenters. The highest BCUT2D eigenvalue weighted by Gasteiger charge is 2.43. The summed E-state index contributed by atoms with van der Waals surface area (Å²) < 4.78 is 9.88. The minimum atomic E-state index is -1.04. The van der Waals surface area contributed by atoms with Crippen molar-refractivity contribution in [3.05, 3.63) is 82.3 Å². The van der Waals surface area contributed by atoms with Crippen molar-refractivity contribution >= 4 is 23.4 Å². The molecule has 3 rings (SSSR count). The number of benzene rings is 2. The third kappa shape index (κ3) is 3.90. The number of aromatic hydroxyl groups is 1. The zero-order valence-electron chi connectivity index (χ0n) is 18.2. The number of nitriles is 1. The number of phenolic OH excluding ortho intramolecular Hbond substituents is 1. The Morgan fingerprint density at radius 3 is 2.21 bits per heavy atom. The lowest BCUT2D eigenvalue weighted by Crippen LogP contribution is -2.40. The van der Waals surface area contributed by atoms with Crippen LogP contribution in [0.1, 0.15) is 28.8 Å². The minimum absolute atomic E-state index is 0.0344. The number of carbonyl (C=O) groups is 3. The van der Waals surface area contributed by atoms with Gasteiger partial charge in [-0.15, -0.1) is 0 Å². The van der Waals surface area contributed by atoms with Crippen molar-refractivity contribution in [2.45, 2.75) is 12.8 Å². The van der Waals surface area contributed by atoms with Crippen molar-refractivity contribution in [2.24, 2.45) is 5.73 Å². The van der Waals surface area contributed by atoms with E-state index in [0.29, 0.717) is 5.56 Å². The third-order valence-electron chi connectivity index (χ3n) is 5.25. The number of anilines is 1. The summed E-state index contributed by atoms with van der Waals surface area (Å²) in [4.78, 5) is 39.0. The molecule has 168 valence electrons. The van der Waals surface area contributed by atoms with Gasteiger partial charge in [0.05, 0.1) is 48.6 Å². The van der Waals surface area contributed by atoms with Crippen LogP contribution in [0.3, 0.4) is 0 Å². The molecule has 0 aliphatic carbocycles. The summed E-state index contributed by atoms with van der Waals surface area (Å²) in [5.74, 6) is -4.01. The summed E-state index contributed by atoms with van der Waals surface area (Å²) in [6.07, 6.45) is 0. The molecule has 0 amide bonds. The first kappa shape index (κ1) is 23.1. The van der Waals surface area contributed by atoms with Gasteiger partial charge in [0.1, 0.15) is 17.3 Å². The van der Waals surface area contributed by atoms with E-state index in [1.807, 2.05) is 6.07 Å². The number of ether oxygens (including phenoxy) is 2. The Morgan fingerprint density at radius 1 is 1.03 bits per heavy atom. The average molecular weight is 447 g/mol. The quantitative estimate of drug-likeness (QED) is 0.522. The molecule has 33 heavy (non-hydrogen) atoms. The first-order valence-corrected chi connectivity index (χ1v) is 9.76. The van der Waals surface area contributed by atoms with Gasteiger partial charge < -0.3 is 20.3 Å². The first-order valence-electron chi connectivity index (χ1n) is 9.76. The van der Waals surface area contributed by atoms with Gasteiger partial charge in [0, 0.05) is 0 Å². The molecular formula is C24H21N3O6. The van der Waals surface area contributed by atoms with Gasteiger partial charge in [-0.05, 0) is 24.6 Å². The summed E-state index contributed by atoms with van der Waals surface area (Å²) >= 11 is 0. The highest BCUT2D eigenvalue weighted by Crippen LogP contribution is 2.45. The lowest BCUT2D eigenvalue weighted by molar-refractivity contribution is -0.139. The van der Waals surface area contributed by atoms with Crippen LogP contribution in [-0.4, -0.2) is 37.0 Å². The van der Waals surface area contributed by atoms with E-state index in [9.17, 15) is 24.8 Å². The van der Waals surface area contributed by atoms with E-state index in [-0.39, 0.29) is 33.9 Å². The van der Waals surface area contributed by atoms with E-state index >= 15 is 0 Å². The number of Topliss-reactive ketones (excluding diaryl/α,β-unsaturated/α-hetero) is 1. The minimum Gasteiger partial charge on any atom is -0.505 e. The molecule has 1 heterocycles. The number of phenols is 1. The fourth-order valence-corrected chi connectivity index (χ4v) is 3.76. The smallest absolute Gasteiger partial charge is 0.355 e. The Balaban J connectivity index is 2.46. The summed E-state index contributed by atoms with van der Waals surface area (Å²) in [6, 6.07) is 14.8. The van der Waals surface area contributed by atoms with Crippen molar-refractivity contribution in [1.82, 2.24) is 0 Å². The van der Waals surface area contributed by atoms with Crippen LogP contribution in [0.25, 0.3) is 0 Å². The van der Waals surface area contributed by atoms with Gasteiger partial charge in [-0.3, -0.25) is 9.69 Å². The predicted molar refractivity (Wildman–Crippen MR) is 118 cm³/mol. The molecule has 0 radical (unpaired) electrons. The molecule has 2 aromatic rings. The maximum Gasteiger partial charge on any atom is 0.355 e. The lowest BCUT2D eigenvalue weighted by Gasteiger charge is -2.36. The number of rotatable bonds is 5. The Morgan fingerprint density at radius 2 is 1.67 bits per heavy atom. The Kier molecular flexibility index (Phi) is 6.49. The summed E-state index contributed by atoms with van der Waals surface area (Å²) in [5.41, 5.74) is 6.17. The van der Waals surface area contributed by atoms with Crippen molar-refractivity contribution in [1.29, 1.82) is 5.26 Å². The Bertz CT molecular complexity index is 1240. The van der Waals surface area contributed by atoms with Crippen LogP contribution in [0.15, 0.2) is 71.2 Å². The van der Waals surface area contributed by atoms with Crippen LogP contribution < -0.4 is 10.6 Å². The van der Waals surface area contributed by atoms with Crippen LogP contribution in [0.5, 0.6) is 5.75 Å². The largest absolute Gasteiger partial charge is 0.505 e. The van der Waals surface area contributed by atoms with Gasteiger partial charge in [0.25, 0.3) is 0 Å². The number of carbonyl (C=O) groups excluding carboxylic acids is 3. The molecule has 3 N–H and O–H groups in total. The molecule has 0 saturated heterocycles. The van der Waals surface area contributed by atoms with Crippen LogP contribution >= 0.6 is 0 Å². The third-order valence-corrected chi connectivity index (χ3v) is 5.25. The normalized spacial score (nSPS) is 15.7. The SMILES string of the molecule is COC(=O)C1=C(C(=O)OC)N(c2cccc(C(C)=O)c2O)C(N)=C(C#N)C1c1ccccc1. The number of hydrogen-bond donors (Lipinski definition) is 2. The average Bonchev–Trinajstić information content (AvgIpc) is 2.83. The highest BCUT2D eigenvalue weighted by atomic mass is 16.5. The van der Waals surface area contributed by atoms with Gasteiger partial charge in [0.15, 0.2) is 5.78 Å². The second-order valence-corrected chi connectivity index (χ2v) is 7.06. The van der Waals surface area contributed by atoms with E-state index < -0.39 is 29.4 Å². The second kappa shape index (κ2) is 9.28. The van der Waals surface area contributed by atoms with E-state index in [0.717, 1.165) is 19.1 Å². The van der Waals surface area contributed by atoms with E-state index in [2.05, 4.69) is 0 Å². The number of esters is 2. The molecule has 1 aliphatic rings. The van der Waals surface area contributed by atoms with Crippen LogP contribution in [0.4, 0.5) is 5.69 Å². The number of para-hydroxylation sites is 1. The van der Waals surface area contributed by atoms with Crippen LogP contribution in [0, 0.1) is 11.3 Å². The molecule has 0 aromatic heterocycles. The fraction of sp³-hybridized carbons (Fsp3) is 0.167. The molecule has 0 saturated carbocycles. The number of nitrogens with two attached hydrogens (primary N) is 1. The standard InChI is InChI=1S/C24H21N3O6/c1-13(28)15-10-7-11-17(21(15)29)27-20(24(31)33-3)19(23(30)32-2)18(16(12-25)22(27)26)14-8-5-4-6-9-14/h4-11,18,29H,26H2,1-3H3. The monoisotopic (exact) mass is 447 g/mol. The molecule has 1 aliphatic heterocycles. The van der Waals surface area contributed by atoms with Crippen molar-refractivity contribution < 1.29 is 29.0 Å². The predicted octanol–water partition coefficient (Wildman–Crippen LogP) is 2.49. The Hall–Kier alpha value is -4.58. The topological polar surface area (TPSA) is 143 Å². The summed E-state index contributed by atoms with van der Waals surface area (Å²) in [5, 5.41) is 20.8. The Labute approximate surface area is 189 Å². The van der Waals surface area contributed by atoms with E-state index in [1.165, 1.54) is 25.1 Å². The number of allylic oxidation sites excluding steroid dienone is 1. The van der Waals surface area contributed by atoms with Gasteiger partial charge >= 0.3 is 11.9 Å². The number of methoxy groups -OCH3 is 2. The molecule has 0 bridgehead atoms. The zero-order valence-corrected chi connectivity index (χ0v) is 18.2. The summed E-state index contributed by atoms with van der Waals surface area (Å²) in [7, 11) is 2.25. The molecule has 9 nitrogen and oxygen atoms in total. The molecule has 1 atom stereocenters. The first-order chi connectivity index (χ1) is 15.8. The second-order valence-electron chi connectivity index (χ2n) is 7.06. The fourth-order valence-electron chi connectivity index (χ4n) is 3.76. The highest BCUT2D eigenvalue weighted by molar-refractivity contribution is 6.07. The van der Waals surface area contributed by atoms with Crippen LogP contribution in [-0.2, 0) is 19.1 Å². The maximum absolute atomic E-state index is 13.0. The van der Waals surface area contributed by atoms with Crippen LogP contribution in [0.2, 0.25) is 0 Å². The lowest BCUT2D eigenvalue weighted by atomic mass is 9.81. The van der Waals surface area contributed by atoms with Gasteiger partial charge in [0.2, 0.25) is 0 Å². The van der Waals surface area contributed by atoms with Crippen molar-refractivity contribution in [3.63, 3.8) is 0 Å². The molecular weight excluding hydrogens is 426 g/mol. The molecule has 0 spiro atoms. The van der Waals surface area contributed by atoms with Gasteiger partial charge in [-0.25, -0.2) is 9.59 Å². The summed E-state index contributed by atoms with van der Waals surface area (Å²) in [6.45, 7) is 1.26. The molecule has 2 aromatic carbocycles. The van der Waals surface area contributed by atoms with Gasteiger partial charge in [-0.1, -0.05) is 36.4 Å². The number of hydrogen-bond acceptors (Lipinski definition) is 9. The van der Waals surface area contributed by atoms with Crippen molar-refractivity contribution in [3.8, 4) is 11.8 Å². The zero-order chi connectivity index (χ0) is 24.3. The van der Waals surface area contributed by atoms with Gasteiger partial charge in [-0.2, -0.15) is 5.26 Å². The molecule has 0 fully saturated rings. The maximum atomic E-state index is 13.0.